The van der Waals surface area contributed by atoms with Gasteiger partial charge in [0, 0.05) is 19.5 Å². The van der Waals surface area contributed by atoms with Gasteiger partial charge in [0.15, 0.2) is 0 Å². The lowest BCUT2D eigenvalue weighted by atomic mass is 9.89. The average molecular weight is 445 g/mol. The van der Waals surface area contributed by atoms with Gasteiger partial charge < -0.3 is 10.1 Å². The third-order valence-electron chi connectivity index (χ3n) is 5.58. The molecule has 6 nitrogen and oxygen atoms in total. The van der Waals surface area contributed by atoms with E-state index in [-0.39, 0.29) is 12.5 Å². The molecular weight excluding hydrogens is 412 g/mol. The quantitative estimate of drug-likeness (QED) is 0.575. The van der Waals surface area contributed by atoms with Crippen LogP contribution in [0.5, 0.6) is 11.5 Å². The van der Waals surface area contributed by atoms with Crippen molar-refractivity contribution in [1.82, 2.24) is 5.32 Å². The third kappa shape index (κ3) is 7.58. The minimum atomic E-state index is -3.46. The Hall–Kier alpha value is -2.54. The summed E-state index contributed by atoms with van der Waals surface area (Å²) in [6, 6.07) is 16.4. The standard InChI is InChI=1S/C24H32N2O4S/c1-31(28,29)26(18-8-13-24(27)25-19-20-9-4-2-5-10-20)21-14-16-23(17-15-21)30-22-11-6-3-7-12-22/h3,6-7,11-12,14-17,20H,2,4-5,8-10,13,18-19H2,1H3,(H,25,27). The van der Waals surface area contributed by atoms with Gasteiger partial charge in [0.05, 0.1) is 11.9 Å². The Kier molecular flexibility index (Phi) is 8.35. The molecule has 1 N–H and O–H groups in total. The van der Waals surface area contributed by atoms with Gasteiger partial charge >= 0.3 is 0 Å². The van der Waals surface area contributed by atoms with Crippen molar-refractivity contribution in [3.63, 3.8) is 0 Å². The summed E-state index contributed by atoms with van der Waals surface area (Å²) in [5, 5.41) is 3.01. The predicted molar refractivity (Wildman–Crippen MR) is 124 cm³/mol. The van der Waals surface area contributed by atoms with E-state index in [2.05, 4.69) is 5.32 Å². The molecule has 0 heterocycles. The molecule has 1 aliphatic carbocycles. The molecule has 0 unspecified atom stereocenters. The second kappa shape index (κ2) is 11.2. The number of amides is 1. The largest absolute Gasteiger partial charge is 0.457 e. The summed E-state index contributed by atoms with van der Waals surface area (Å²) in [5.74, 6) is 1.92. The minimum Gasteiger partial charge on any atom is -0.457 e. The molecule has 1 saturated carbocycles. The van der Waals surface area contributed by atoms with Crippen LogP contribution in [0.1, 0.15) is 44.9 Å². The maximum Gasteiger partial charge on any atom is 0.232 e. The molecule has 0 aromatic heterocycles. The molecule has 0 radical (unpaired) electrons. The van der Waals surface area contributed by atoms with Crippen LogP contribution in [0.4, 0.5) is 5.69 Å². The van der Waals surface area contributed by atoms with Gasteiger partial charge in [-0.25, -0.2) is 8.42 Å². The molecule has 0 saturated heterocycles. The summed E-state index contributed by atoms with van der Waals surface area (Å²) in [6.45, 7) is 0.992. The summed E-state index contributed by atoms with van der Waals surface area (Å²) in [7, 11) is -3.46. The van der Waals surface area contributed by atoms with Crippen LogP contribution in [-0.2, 0) is 14.8 Å². The van der Waals surface area contributed by atoms with E-state index in [0.29, 0.717) is 30.2 Å². The monoisotopic (exact) mass is 444 g/mol. The molecule has 0 atom stereocenters. The van der Waals surface area contributed by atoms with Gasteiger partial charge in [-0.15, -0.1) is 0 Å². The van der Waals surface area contributed by atoms with Crippen LogP contribution >= 0.6 is 0 Å². The zero-order chi connectivity index (χ0) is 22.1. The Bertz CT molecular complexity index is 924. The number of para-hydroxylation sites is 1. The van der Waals surface area contributed by atoms with Crippen LogP contribution < -0.4 is 14.4 Å². The minimum absolute atomic E-state index is 0.00867. The molecule has 168 valence electrons. The third-order valence-corrected chi connectivity index (χ3v) is 6.78. The zero-order valence-corrected chi connectivity index (χ0v) is 18.9. The SMILES string of the molecule is CS(=O)(=O)N(CCCC(=O)NCC1CCCCC1)c1ccc(Oc2ccccc2)cc1. The number of carbonyl (C=O) groups is 1. The molecule has 2 aromatic carbocycles. The van der Waals surface area contributed by atoms with Crippen LogP contribution in [0.2, 0.25) is 0 Å². The highest BCUT2D eigenvalue weighted by molar-refractivity contribution is 7.92. The summed E-state index contributed by atoms with van der Waals surface area (Å²) in [4.78, 5) is 12.2. The molecule has 0 aliphatic heterocycles. The first-order valence-electron chi connectivity index (χ1n) is 11.0. The van der Waals surface area contributed by atoms with E-state index < -0.39 is 10.0 Å². The van der Waals surface area contributed by atoms with Crippen molar-refractivity contribution in [3.05, 3.63) is 54.6 Å². The van der Waals surface area contributed by atoms with Crippen molar-refractivity contribution < 1.29 is 17.9 Å². The lowest BCUT2D eigenvalue weighted by Gasteiger charge is -2.23. The first-order chi connectivity index (χ1) is 14.9. The Labute approximate surface area is 185 Å². The normalized spacial score (nSPS) is 14.7. The number of hydrogen-bond acceptors (Lipinski definition) is 4. The molecule has 0 bridgehead atoms. The van der Waals surface area contributed by atoms with E-state index in [1.54, 1.807) is 24.3 Å². The molecule has 31 heavy (non-hydrogen) atoms. The highest BCUT2D eigenvalue weighted by Crippen LogP contribution is 2.26. The van der Waals surface area contributed by atoms with Crippen molar-refractivity contribution >= 4 is 21.6 Å². The molecule has 3 rings (SSSR count). The van der Waals surface area contributed by atoms with E-state index in [9.17, 15) is 13.2 Å². The highest BCUT2D eigenvalue weighted by atomic mass is 32.2. The number of nitrogens with one attached hydrogen (secondary N) is 1. The summed E-state index contributed by atoms with van der Waals surface area (Å²) < 4.78 is 31.7. The molecule has 1 fully saturated rings. The van der Waals surface area contributed by atoms with E-state index in [4.69, 9.17) is 4.74 Å². The molecule has 1 amide bonds. The maximum atomic E-state index is 12.3. The second-order valence-corrected chi connectivity index (χ2v) is 10.1. The summed E-state index contributed by atoms with van der Waals surface area (Å²) in [5.41, 5.74) is 0.561. The van der Waals surface area contributed by atoms with Crippen molar-refractivity contribution in [3.8, 4) is 11.5 Å². The number of ether oxygens (including phenoxy) is 1. The topological polar surface area (TPSA) is 75.7 Å². The van der Waals surface area contributed by atoms with E-state index in [0.717, 1.165) is 12.3 Å². The molecular formula is C24H32N2O4S. The first-order valence-corrected chi connectivity index (χ1v) is 12.8. The smallest absolute Gasteiger partial charge is 0.232 e. The molecule has 1 aliphatic rings. The number of nitrogens with zero attached hydrogens (tertiary/aromatic N) is 1. The number of hydrogen-bond donors (Lipinski definition) is 1. The summed E-state index contributed by atoms with van der Waals surface area (Å²) in [6.07, 6.45) is 8.13. The van der Waals surface area contributed by atoms with Crippen molar-refractivity contribution in [1.29, 1.82) is 0 Å². The zero-order valence-electron chi connectivity index (χ0n) is 18.1. The van der Waals surface area contributed by atoms with Gasteiger partial charge in [-0.3, -0.25) is 9.10 Å². The molecule has 2 aromatic rings. The van der Waals surface area contributed by atoms with Gasteiger partial charge in [0.25, 0.3) is 0 Å². The van der Waals surface area contributed by atoms with Crippen molar-refractivity contribution in [2.45, 2.75) is 44.9 Å². The number of anilines is 1. The predicted octanol–water partition coefficient (Wildman–Crippen LogP) is 4.72. The lowest BCUT2D eigenvalue weighted by Crippen LogP contribution is -2.33. The molecule has 7 heteroatoms. The Morgan fingerprint density at radius 3 is 2.29 bits per heavy atom. The van der Waals surface area contributed by atoms with Crippen LogP contribution in [0.3, 0.4) is 0 Å². The van der Waals surface area contributed by atoms with Crippen molar-refractivity contribution in [2.24, 2.45) is 5.92 Å². The molecule has 0 spiro atoms. The fourth-order valence-electron chi connectivity index (χ4n) is 3.91. The first kappa shape index (κ1) is 23.1. The highest BCUT2D eigenvalue weighted by Gasteiger charge is 2.18. The number of sulfonamides is 1. The average Bonchev–Trinajstić information content (AvgIpc) is 2.77. The van der Waals surface area contributed by atoms with Crippen LogP contribution in [0.25, 0.3) is 0 Å². The van der Waals surface area contributed by atoms with Gasteiger partial charge in [-0.2, -0.15) is 0 Å². The van der Waals surface area contributed by atoms with E-state index in [1.807, 2.05) is 30.3 Å². The number of rotatable bonds is 10. The van der Waals surface area contributed by atoms with E-state index >= 15 is 0 Å². The number of carbonyl (C=O) groups excluding carboxylic acids is 1. The maximum absolute atomic E-state index is 12.3. The summed E-state index contributed by atoms with van der Waals surface area (Å²) >= 11 is 0. The van der Waals surface area contributed by atoms with Gasteiger partial charge in [0.2, 0.25) is 15.9 Å². The van der Waals surface area contributed by atoms with Crippen molar-refractivity contribution in [2.75, 3.05) is 23.7 Å². The van der Waals surface area contributed by atoms with Gasteiger partial charge in [0.1, 0.15) is 11.5 Å². The van der Waals surface area contributed by atoms with E-state index in [1.165, 1.54) is 42.7 Å². The van der Waals surface area contributed by atoms with Gasteiger partial charge in [-0.1, -0.05) is 37.5 Å². The van der Waals surface area contributed by atoms with Gasteiger partial charge in [-0.05, 0) is 61.6 Å². The van der Waals surface area contributed by atoms with Crippen LogP contribution in [-0.4, -0.2) is 33.7 Å². The fraction of sp³-hybridized carbons (Fsp3) is 0.458. The lowest BCUT2D eigenvalue weighted by molar-refractivity contribution is -0.121. The fourth-order valence-corrected chi connectivity index (χ4v) is 4.88. The Balaban J connectivity index is 1.51. The second-order valence-electron chi connectivity index (χ2n) is 8.16. The Morgan fingerprint density at radius 1 is 1.00 bits per heavy atom. The van der Waals surface area contributed by atoms with Crippen LogP contribution in [0, 0.1) is 5.92 Å². The number of benzene rings is 2. The van der Waals surface area contributed by atoms with Crippen LogP contribution in [0.15, 0.2) is 54.6 Å². The Morgan fingerprint density at radius 2 is 1.65 bits per heavy atom.